The lowest BCUT2D eigenvalue weighted by Gasteiger charge is -2.19. The number of hydrogen-bond donors (Lipinski definition) is 0. The predicted molar refractivity (Wildman–Crippen MR) is 522 cm³/mol. The minimum Gasteiger partial charge on any atom is -0.456 e. The third-order valence-electron chi connectivity index (χ3n) is 22.7. The Bertz CT molecular complexity index is 11000. The molecule has 0 aliphatic rings. The summed E-state index contributed by atoms with van der Waals surface area (Å²) >= 11 is 0. The Hall–Kier alpha value is -16.2. The normalized spacial score (nSPS) is 16.1. The van der Waals surface area contributed by atoms with Gasteiger partial charge in [0, 0.05) is 43.4 Å². The first-order chi connectivity index (χ1) is 76.9. The molecule has 3 nitrogen and oxygen atoms in total. The highest BCUT2D eigenvalue weighted by Crippen LogP contribution is 2.54. The van der Waals surface area contributed by atoms with Crippen LogP contribution in [0.15, 0.2) is 461 Å². The Balaban J connectivity index is 0.000000127. The highest BCUT2D eigenvalue weighted by molar-refractivity contribution is 6.31. The van der Waals surface area contributed by atoms with Gasteiger partial charge in [0.2, 0.25) is 0 Å². The van der Waals surface area contributed by atoms with Crippen molar-refractivity contribution in [3.05, 3.63) is 448 Å². The van der Waals surface area contributed by atoms with Crippen LogP contribution in [0, 0.1) is 0 Å². The van der Waals surface area contributed by atoms with Gasteiger partial charge in [-0.15, -0.1) is 0 Å². The lowest BCUT2D eigenvalue weighted by molar-refractivity contribution is 0.669. The van der Waals surface area contributed by atoms with Crippen molar-refractivity contribution in [1.29, 1.82) is 0 Å². The van der Waals surface area contributed by atoms with E-state index in [9.17, 15) is 19.2 Å². The molecule has 0 saturated carbocycles. The van der Waals surface area contributed by atoms with E-state index in [0.29, 0.717) is 77.6 Å². The molecule has 3 heteroatoms. The fourth-order valence-electron chi connectivity index (χ4n) is 17.6. The van der Waals surface area contributed by atoms with Crippen LogP contribution in [0.4, 0.5) is 0 Å². The number of fused-ring (bicyclic) bond motifs is 18. The van der Waals surface area contributed by atoms with E-state index in [1.165, 1.54) is 0 Å². The van der Waals surface area contributed by atoms with Gasteiger partial charge in [0.25, 0.3) is 0 Å². The van der Waals surface area contributed by atoms with Crippen LogP contribution >= 0.6 is 0 Å². The number of furan rings is 3. The van der Waals surface area contributed by atoms with Gasteiger partial charge in [-0.2, -0.15) is 0 Å². The van der Waals surface area contributed by atoms with Gasteiger partial charge < -0.3 is 13.3 Å². The molecule has 572 valence electrons. The van der Waals surface area contributed by atoms with Gasteiger partial charge in [-0.25, -0.2) is 0 Å². The van der Waals surface area contributed by atoms with Crippen LogP contribution in [0.3, 0.4) is 0 Å². The molecule has 123 heavy (non-hydrogen) atoms. The zero-order valence-corrected chi connectivity index (χ0v) is 64.0. The second-order valence-corrected chi connectivity index (χ2v) is 29.3. The minimum absolute atomic E-state index is 0.167. The molecule has 0 bridgehead atoms. The molecule has 0 amide bonds. The second kappa shape index (κ2) is 29.4. The fourth-order valence-corrected chi connectivity index (χ4v) is 17.6. The maximum absolute atomic E-state index is 9.44. The largest absolute Gasteiger partial charge is 0.456 e. The van der Waals surface area contributed by atoms with E-state index in [1.54, 1.807) is 6.07 Å². The van der Waals surface area contributed by atoms with Gasteiger partial charge in [0.1, 0.15) is 33.5 Å². The quantitative estimate of drug-likeness (QED) is 0.142. The summed E-state index contributed by atoms with van der Waals surface area (Å²) in [5.74, 6) is 0. The number of rotatable bonds is 8. The van der Waals surface area contributed by atoms with Crippen LogP contribution in [-0.4, -0.2) is 0 Å². The zero-order chi connectivity index (χ0) is 114. The van der Waals surface area contributed by atoms with Crippen LogP contribution in [0.5, 0.6) is 0 Å². The first-order valence-electron chi connectivity index (χ1n) is 58.2. The van der Waals surface area contributed by atoms with E-state index >= 15 is 0 Å². The first kappa shape index (κ1) is 42.5. The maximum Gasteiger partial charge on any atom is 0.143 e. The molecule has 0 aliphatic carbocycles. The van der Waals surface area contributed by atoms with Crippen molar-refractivity contribution in [2.75, 3.05) is 0 Å². The molecule has 0 aliphatic heterocycles. The Labute approximate surface area is 762 Å². The maximum atomic E-state index is 9.44. The van der Waals surface area contributed by atoms with E-state index in [2.05, 4.69) is 0 Å². The number of hydrogen-bond acceptors (Lipinski definition) is 3. The Kier molecular flexibility index (Phi) is 10.1. The topological polar surface area (TPSA) is 39.4 Å². The monoisotopic (exact) mass is 1600 g/mol. The van der Waals surface area contributed by atoms with Gasteiger partial charge in [0.05, 0.1) is 52.1 Å². The summed E-state index contributed by atoms with van der Waals surface area (Å²) in [4.78, 5) is 0. The van der Waals surface area contributed by atoms with E-state index in [0.717, 1.165) is 54.6 Å². The third-order valence-corrected chi connectivity index (χ3v) is 22.7. The molecule has 26 rings (SSSR count). The molecule has 26 aromatic rings. The van der Waals surface area contributed by atoms with Gasteiger partial charge in [-0.1, -0.05) is 412 Å². The lowest BCUT2D eigenvalue weighted by atomic mass is 9.83. The molecule has 0 atom stereocenters. The van der Waals surface area contributed by atoms with Crippen LogP contribution in [0.25, 0.3) is 252 Å². The fraction of sp³-hybridized carbons (Fsp3) is 0. The van der Waals surface area contributed by atoms with Crippen molar-refractivity contribution < 1.29 is 65.3 Å². The third kappa shape index (κ3) is 11.7. The molecule has 3 aromatic heterocycles. The molecule has 0 radical (unpaired) electrons. The molecule has 3 heterocycles. The van der Waals surface area contributed by atoms with E-state index < -0.39 is 258 Å². The summed E-state index contributed by atoms with van der Waals surface area (Å²) in [6.07, 6.45) is 0. The number of para-hydroxylation sites is 3. The second-order valence-electron chi connectivity index (χ2n) is 29.3. The average Bonchev–Trinajstić information content (AvgIpc) is 1.24. The number of benzene rings is 23. The molecule has 0 unspecified atom stereocenters. The average molecular weight is 1600 g/mol. The van der Waals surface area contributed by atoms with Crippen molar-refractivity contribution in [2.45, 2.75) is 0 Å². The van der Waals surface area contributed by atoms with Crippen molar-refractivity contribution in [3.63, 3.8) is 0 Å². The molecule has 0 fully saturated rings. The highest BCUT2D eigenvalue weighted by atomic mass is 16.3. The van der Waals surface area contributed by atoms with Crippen LogP contribution in [0.1, 0.15) is 52.1 Å². The Morgan fingerprint density at radius 2 is 0.537 bits per heavy atom. The Morgan fingerprint density at radius 1 is 0.154 bits per heavy atom. The minimum atomic E-state index is -0.919. The molecular formula is C120H74O3. The van der Waals surface area contributed by atoms with Crippen LogP contribution < -0.4 is 0 Å². The van der Waals surface area contributed by atoms with Gasteiger partial charge in [-0.3, -0.25) is 0 Å². The lowest BCUT2D eigenvalue weighted by Crippen LogP contribution is -1.92. The molecule has 0 spiro atoms. The van der Waals surface area contributed by atoms with Gasteiger partial charge in [-0.05, 0) is 211 Å². The summed E-state index contributed by atoms with van der Waals surface area (Å²) in [7, 11) is 0. The SMILES string of the molecule is [2H]c1c([2H])c([2H])c2c(-c3ccc(-c4ccccc4)c4oc5ccccc5c34)c3c([2H])c([2H])c([2H])c([2H])c3c(-c3cccc4ccccc34)c2c1[2H].[2H]c1c([2H])c([2H])c2c(-c3cccc4oc5c(-c6ccccc6)cccc5c34)c3c([2H])c([2H])c([2H])c([2H])c3c(-c3ccc4ccccc4c3)c2c1[2H].[2H]c1c([2H])c([2H])c2c(oc3c([2H])c([2H])c([2H])c(-c4c5c([2H])c([2H])c([2H])c([2H])c5c(-c5c([2H])c([2H])c([2H])c6c([2H])c([2H])c([2H])c([2H])c56)c5c([2H])c([2H])c([2H])c([2H])c45)c32)c1[2H]. The summed E-state index contributed by atoms with van der Waals surface area (Å²) in [5.41, 5.74) is 5.88. The predicted octanol–water partition coefficient (Wildman–Crippen LogP) is 34.5. The van der Waals surface area contributed by atoms with Crippen molar-refractivity contribution in [1.82, 2.24) is 0 Å². The van der Waals surface area contributed by atoms with Crippen molar-refractivity contribution >= 4 is 163 Å². The summed E-state index contributed by atoms with van der Waals surface area (Å²) < 4.78 is 359. The van der Waals surface area contributed by atoms with Gasteiger partial charge >= 0.3 is 0 Å². The summed E-state index contributed by atoms with van der Waals surface area (Å²) in [6.45, 7) is 0. The van der Waals surface area contributed by atoms with Crippen LogP contribution in [0.2, 0.25) is 0 Å². The van der Waals surface area contributed by atoms with Crippen molar-refractivity contribution in [3.8, 4) is 89.0 Å². The first-order valence-corrected chi connectivity index (χ1v) is 39.2. The molecule has 0 N–H and O–H groups in total. The van der Waals surface area contributed by atoms with E-state index in [-0.39, 0.29) is 91.4 Å². The van der Waals surface area contributed by atoms with E-state index in [1.807, 2.05) is 212 Å². The molecule has 23 aromatic carbocycles. The van der Waals surface area contributed by atoms with Crippen molar-refractivity contribution in [2.24, 2.45) is 0 Å². The highest BCUT2D eigenvalue weighted by Gasteiger charge is 2.27. The van der Waals surface area contributed by atoms with Crippen LogP contribution in [-0.2, 0) is 0 Å². The van der Waals surface area contributed by atoms with Gasteiger partial charge in [0.15, 0.2) is 0 Å². The zero-order valence-electron chi connectivity index (χ0n) is 102. The summed E-state index contributed by atoms with van der Waals surface area (Å²) in [5, 5.41) is 3.26. The standard InChI is InChI=1S/2C42H26O.C36H22O/c1-2-13-28(14-3-1)31-20-10-22-37-41-36(21-11-23-38(41)43-42(31)37)40-34-18-8-6-16-32(34)39(33-17-7-9-19-35(33)40)30-25-24-27-12-4-5-15-29(27)26-30;1-2-13-28(14-3-1)30-25-26-37(41-36-22-10-11-24-38(36)43-42(30)41)40-34-20-8-6-18-32(34)39(33-19-7-9-21-35(33)40)31-23-12-16-27-15-4-5-17-29(27)31;1-2-13-24-23(11-1)12-9-19-25(24)34-26-14-3-5-16-28(26)35(29-17-6-4-15-27(29)34)31-20-10-22-33-36(31)30-18-7-8-21-32(30)37-33/h2*1-26H;1-22H/i6D,7D,8D,9D,16D,17D,18D,19D;6D,7D,8D,9D,18D,19D,20D,21D;1D,2D,3D,4D,5D,6D,7D,8D,9D,10D,11D,12D,13D,14D,15D,16D,17D,18D,19D,20D,21D,22D. The molecular weight excluding hydrogens is 1490 g/mol. The Morgan fingerprint density at radius 3 is 1.16 bits per heavy atom. The smallest absolute Gasteiger partial charge is 0.143 e. The molecule has 0 saturated heterocycles. The summed E-state index contributed by atoms with van der Waals surface area (Å²) in [6, 6.07) is 44.5. The van der Waals surface area contributed by atoms with E-state index in [4.69, 9.17) is 46.1 Å².